The number of carboxylic acid groups (broad SMARTS) is 1. The summed E-state index contributed by atoms with van der Waals surface area (Å²) in [6.45, 7) is 7.05. The fourth-order valence-electron chi connectivity index (χ4n) is 1.72. The van der Waals surface area contributed by atoms with Crippen molar-refractivity contribution in [3.8, 4) is 6.07 Å². The monoisotopic (exact) mass is 262 g/mol. The zero-order chi connectivity index (χ0) is 14.4. The predicted octanol–water partition coefficient (Wildman–Crippen LogP) is 1.86. The van der Waals surface area contributed by atoms with Crippen LogP contribution in [0.5, 0.6) is 0 Å². The van der Waals surface area contributed by atoms with E-state index < -0.39 is 5.97 Å². The van der Waals surface area contributed by atoms with Crippen LogP contribution in [0.15, 0.2) is 6.20 Å². The van der Waals surface area contributed by atoms with Gasteiger partial charge >= 0.3 is 5.97 Å². The lowest BCUT2D eigenvalue weighted by atomic mass is 10.2. The van der Waals surface area contributed by atoms with E-state index in [4.69, 9.17) is 10.4 Å². The van der Waals surface area contributed by atoms with Crippen LogP contribution in [0.2, 0.25) is 0 Å². The van der Waals surface area contributed by atoms with Crippen LogP contribution in [0.4, 0.5) is 5.95 Å². The van der Waals surface area contributed by atoms with Crippen LogP contribution < -0.4 is 4.90 Å². The molecule has 0 aliphatic carbocycles. The van der Waals surface area contributed by atoms with Crippen molar-refractivity contribution in [2.45, 2.75) is 27.2 Å². The maximum atomic E-state index is 10.9. The Labute approximate surface area is 112 Å². The van der Waals surface area contributed by atoms with Crippen LogP contribution in [0.25, 0.3) is 0 Å². The van der Waals surface area contributed by atoms with Gasteiger partial charge in [-0.05, 0) is 12.8 Å². The van der Waals surface area contributed by atoms with Crippen molar-refractivity contribution in [1.29, 1.82) is 5.26 Å². The summed E-state index contributed by atoms with van der Waals surface area (Å²) in [5.74, 6) is -0.148. The van der Waals surface area contributed by atoms with Gasteiger partial charge in [0, 0.05) is 19.3 Å². The van der Waals surface area contributed by atoms with Gasteiger partial charge in [0.15, 0.2) is 0 Å². The van der Waals surface area contributed by atoms with Gasteiger partial charge in [-0.15, -0.1) is 0 Å². The summed E-state index contributed by atoms with van der Waals surface area (Å²) in [6.07, 6.45) is 1.70. The first-order chi connectivity index (χ1) is 8.95. The summed E-state index contributed by atoms with van der Waals surface area (Å²) < 4.78 is 0. The lowest BCUT2D eigenvalue weighted by Gasteiger charge is -2.23. The molecule has 1 rings (SSSR count). The number of hydrogen-bond donors (Lipinski definition) is 1. The van der Waals surface area contributed by atoms with E-state index in [1.807, 2.05) is 4.90 Å². The van der Waals surface area contributed by atoms with Crippen molar-refractivity contribution in [2.24, 2.45) is 5.92 Å². The van der Waals surface area contributed by atoms with Crippen LogP contribution in [-0.4, -0.2) is 34.1 Å². The molecule has 0 aromatic carbocycles. The van der Waals surface area contributed by atoms with Crippen molar-refractivity contribution in [3.05, 3.63) is 17.5 Å². The van der Waals surface area contributed by atoms with Gasteiger partial charge in [-0.2, -0.15) is 5.26 Å². The quantitative estimate of drug-likeness (QED) is 0.841. The molecule has 1 heterocycles. The van der Waals surface area contributed by atoms with E-state index in [2.05, 4.69) is 29.9 Å². The van der Waals surface area contributed by atoms with Crippen LogP contribution in [-0.2, 0) is 0 Å². The van der Waals surface area contributed by atoms with E-state index in [9.17, 15) is 4.79 Å². The fourth-order valence-corrected chi connectivity index (χ4v) is 1.72. The number of anilines is 1. The smallest absolute Gasteiger partial charge is 0.339 e. The summed E-state index contributed by atoms with van der Waals surface area (Å²) in [6, 6.07) is 2.09. The highest BCUT2D eigenvalue weighted by atomic mass is 16.4. The number of aryl methyl sites for hydroxylation is 1. The molecular formula is C13H18N4O2. The molecule has 19 heavy (non-hydrogen) atoms. The minimum Gasteiger partial charge on any atom is -0.478 e. The molecule has 0 amide bonds. The van der Waals surface area contributed by atoms with Crippen LogP contribution in [0, 0.1) is 24.2 Å². The van der Waals surface area contributed by atoms with Gasteiger partial charge in [0.25, 0.3) is 0 Å². The van der Waals surface area contributed by atoms with E-state index in [0.29, 0.717) is 30.5 Å². The highest BCUT2D eigenvalue weighted by Gasteiger charge is 2.15. The number of nitrogens with zero attached hydrogens (tertiary/aromatic N) is 4. The van der Waals surface area contributed by atoms with Crippen LogP contribution in [0.1, 0.15) is 36.3 Å². The van der Waals surface area contributed by atoms with Gasteiger partial charge in [0.05, 0.1) is 23.7 Å². The maximum absolute atomic E-state index is 10.9. The first-order valence-corrected chi connectivity index (χ1v) is 6.14. The second kappa shape index (κ2) is 6.69. The minimum absolute atomic E-state index is 0.105. The van der Waals surface area contributed by atoms with E-state index in [-0.39, 0.29) is 5.56 Å². The molecule has 0 aliphatic rings. The van der Waals surface area contributed by atoms with E-state index >= 15 is 0 Å². The first kappa shape index (κ1) is 14.9. The number of carbonyl (C=O) groups is 1. The highest BCUT2D eigenvalue weighted by molar-refractivity contribution is 5.88. The Morgan fingerprint density at radius 3 is 2.74 bits per heavy atom. The zero-order valence-corrected chi connectivity index (χ0v) is 11.4. The Kier molecular flexibility index (Phi) is 5.24. The number of aromatic carboxylic acids is 1. The predicted molar refractivity (Wildman–Crippen MR) is 71.0 cm³/mol. The lowest BCUT2D eigenvalue weighted by molar-refractivity contribution is 0.0695. The third kappa shape index (κ3) is 4.21. The number of rotatable bonds is 6. The van der Waals surface area contributed by atoms with E-state index in [1.54, 1.807) is 6.92 Å². The van der Waals surface area contributed by atoms with Crippen molar-refractivity contribution >= 4 is 11.9 Å². The Morgan fingerprint density at radius 1 is 1.58 bits per heavy atom. The number of aromatic nitrogens is 2. The van der Waals surface area contributed by atoms with Gasteiger partial charge in [0.1, 0.15) is 0 Å². The lowest BCUT2D eigenvalue weighted by Crippen LogP contribution is -2.30. The first-order valence-electron chi connectivity index (χ1n) is 6.14. The summed E-state index contributed by atoms with van der Waals surface area (Å²) >= 11 is 0. The van der Waals surface area contributed by atoms with Gasteiger partial charge in [-0.3, -0.25) is 0 Å². The summed E-state index contributed by atoms with van der Waals surface area (Å²) in [7, 11) is 0. The molecule has 6 nitrogen and oxygen atoms in total. The second-order valence-corrected chi connectivity index (χ2v) is 4.72. The van der Waals surface area contributed by atoms with Crippen molar-refractivity contribution in [3.63, 3.8) is 0 Å². The molecule has 0 radical (unpaired) electrons. The molecule has 1 aromatic rings. The van der Waals surface area contributed by atoms with Gasteiger partial charge in [-0.25, -0.2) is 14.8 Å². The van der Waals surface area contributed by atoms with Crippen molar-refractivity contribution in [2.75, 3.05) is 18.0 Å². The molecule has 0 unspecified atom stereocenters. The van der Waals surface area contributed by atoms with E-state index in [0.717, 1.165) is 6.54 Å². The normalized spacial score (nSPS) is 10.3. The van der Waals surface area contributed by atoms with Crippen LogP contribution in [0.3, 0.4) is 0 Å². The van der Waals surface area contributed by atoms with Gasteiger partial charge < -0.3 is 10.0 Å². The number of carboxylic acids is 1. The highest BCUT2D eigenvalue weighted by Crippen LogP contribution is 2.13. The number of nitriles is 1. The molecule has 0 fully saturated rings. The van der Waals surface area contributed by atoms with E-state index in [1.165, 1.54) is 6.20 Å². The molecule has 1 N–H and O–H groups in total. The topological polar surface area (TPSA) is 90.1 Å². The molecule has 0 saturated heterocycles. The largest absolute Gasteiger partial charge is 0.478 e. The molecule has 0 atom stereocenters. The fraction of sp³-hybridized carbons (Fsp3) is 0.538. The van der Waals surface area contributed by atoms with Crippen molar-refractivity contribution < 1.29 is 9.90 Å². The van der Waals surface area contributed by atoms with Gasteiger partial charge in [-0.1, -0.05) is 13.8 Å². The number of hydrogen-bond acceptors (Lipinski definition) is 5. The van der Waals surface area contributed by atoms with Crippen molar-refractivity contribution in [1.82, 2.24) is 9.97 Å². The zero-order valence-electron chi connectivity index (χ0n) is 11.4. The SMILES string of the molecule is Cc1nc(N(CCC#N)CC(C)C)ncc1C(=O)O. The Bertz CT molecular complexity index is 494. The molecular weight excluding hydrogens is 244 g/mol. The molecule has 1 aromatic heterocycles. The third-order valence-corrected chi connectivity index (χ3v) is 2.56. The molecule has 102 valence electrons. The maximum Gasteiger partial charge on any atom is 0.339 e. The average Bonchev–Trinajstić information content (AvgIpc) is 2.33. The molecule has 0 bridgehead atoms. The molecule has 0 aliphatic heterocycles. The standard InChI is InChI=1S/C13H18N4O2/c1-9(2)8-17(6-4-5-14)13-15-7-11(12(18)19)10(3)16-13/h7,9H,4,6,8H2,1-3H3,(H,18,19). The van der Waals surface area contributed by atoms with Gasteiger partial charge in [0.2, 0.25) is 5.95 Å². The third-order valence-electron chi connectivity index (χ3n) is 2.56. The summed E-state index contributed by atoms with van der Waals surface area (Å²) in [5, 5.41) is 17.6. The Hall–Kier alpha value is -2.16. The average molecular weight is 262 g/mol. The molecule has 6 heteroatoms. The molecule has 0 saturated carbocycles. The Morgan fingerprint density at radius 2 is 2.26 bits per heavy atom. The summed E-state index contributed by atoms with van der Waals surface area (Å²) in [4.78, 5) is 21.1. The molecule has 0 spiro atoms. The van der Waals surface area contributed by atoms with Crippen LogP contribution >= 0.6 is 0 Å². The second-order valence-electron chi connectivity index (χ2n) is 4.72. The summed E-state index contributed by atoms with van der Waals surface area (Å²) in [5.41, 5.74) is 0.539. The minimum atomic E-state index is -1.03. The Balaban J connectivity index is 2.99.